The van der Waals surface area contributed by atoms with Crippen molar-refractivity contribution < 1.29 is 4.79 Å². The molecule has 0 fully saturated rings. The molecule has 0 aromatic carbocycles. The molecule has 0 aliphatic heterocycles. The summed E-state index contributed by atoms with van der Waals surface area (Å²) in [6.07, 6.45) is 2.75. The predicted octanol–water partition coefficient (Wildman–Crippen LogP) is 2.29. The Morgan fingerprint density at radius 1 is 1.47 bits per heavy atom. The second-order valence-electron chi connectivity index (χ2n) is 4.15. The largest absolute Gasteiger partial charge is 0.370 e. The number of hydrogen-bond acceptors (Lipinski definition) is 3. The summed E-state index contributed by atoms with van der Waals surface area (Å²) >= 11 is 0. The Morgan fingerprint density at radius 2 is 2.24 bits per heavy atom. The van der Waals surface area contributed by atoms with Crippen LogP contribution in [0.5, 0.6) is 0 Å². The van der Waals surface area contributed by atoms with E-state index in [0.717, 1.165) is 13.0 Å². The molecule has 4 heteroatoms. The van der Waals surface area contributed by atoms with Crippen LogP contribution in [0, 0.1) is 5.92 Å². The number of amides is 1. The van der Waals surface area contributed by atoms with Crippen molar-refractivity contribution in [2.24, 2.45) is 5.92 Å². The average molecular weight is 235 g/mol. The van der Waals surface area contributed by atoms with Gasteiger partial charge in [-0.1, -0.05) is 20.3 Å². The van der Waals surface area contributed by atoms with Gasteiger partial charge in [-0.2, -0.15) is 0 Å². The third kappa shape index (κ3) is 4.06. The molecule has 0 saturated heterocycles. The fourth-order valence-electron chi connectivity index (χ4n) is 1.40. The molecule has 0 aliphatic rings. The number of anilines is 1. The number of carbonyl (C=O) groups is 1. The Balaban J connectivity index is 2.67. The molecule has 0 spiro atoms. The van der Waals surface area contributed by atoms with Crippen molar-refractivity contribution in [3.8, 4) is 0 Å². The van der Waals surface area contributed by atoms with E-state index < -0.39 is 0 Å². The minimum atomic E-state index is -0.0608. The molecule has 94 valence electrons. The highest BCUT2D eigenvalue weighted by molar-refractivity contribution is 5.98. The van der Waals surface area contributed by atoms with Crippen LogP contribution < -0.4 is 10.6 Å². The van der Waals surface area contributed by atoms with Crippen LogP contribution in [0.4, 0.5) is 5.82 Å². The molecule has 1 unspecified atom stereocenters. The summed E-state index contributed by atoms with van der Waals surface area (Å²) in [6.45, 7) is 7.67. The first-order valence-corrected chi connectivity index (χ1v) is 6.16. The van der Waals surface area contributed by atoms with E-state index in [-0.39, 0.29) is 5.91 Å². The maximum absolute atomic E-state index is 12.0. The van der Waals surface area contributed by atoms with Crippen molar-refractivity contribution in [2.45, 2.75) is 27.2 Å². The molecule has 17 heavy (non-hydrogen) atoms. The summed E-state index contributed by atoms with van der Waals surface area (Å²) in [4.78, 5) is 16.1. The monoisotopic (exact) mass is 235 g/mol. The predicted molar refractivity (Wildman–Crippen MR) is 70.2 cm³/mol. The van der Waals surface area contributed by atoms with Crippen LogP contribution >= 0.6 is 0 Å². The Hall–Kier alpha value is -1.58. The quantitative estimate of drug-likeness (QED) is 0.795. The van der Waals surface area contributed by atoms with Gasteiger partial charge in [-0.25, -0.2) is 4.98 Å². The molecule has 1 heterocycles. The van der Waals surface area contributed by atoms with Gasteiger partial charge in [-0.15, -0.1) is 0 Å². The molecule has 1 atom stereocenters. The van der Waals surface area contributed by atoms with Gasteiger partial charge in [0.2, 0.25) is 0 Å². The highest BCUT2D eigenvalue weighted by Gasteiger charge is 2.11. The first kappa shape index (κ1) is 13.5. The zero-order valence-electron chi connectivity index (χ0n) is 10.8. The van der Waals surface area contributed by atoms with E-state index in [0.29, 0.717) is 23.8 Å². The minimum Gasteiger partial charge on any atom is -0.370 e. The highest BCUT2D eigenvalue weighted by atomic mass is 16.1. The van der Waals surface area contributed by atoms with E-state index in [2.05, 4.69) is 29.5 Å². The number of pyridine rings is 1. The standard InChI is InChI=1S/C13H21N3O/c1-4-10(3)9-16-13(17)11-7-6-8-15-12(11)14-5-2/h6-8,10H,4-5,9H2,1-3H3,(H,14,15)(H,16,17). The molecule has 0 aliphatic carbocycles. The van der Waals surface area contributed by atoms with E-state index in [4.69, 9.17) is 0 Å². The van der Waals surface area contributed by atoms with Crippen LogP contribution in [-0.4, -0.2) is 24.0 Å². The number of rotatable bonds is 6. The summed E-state index contributed by atoms with van der Waals surface area (Å²) in [5.74, 6) is 1.09. The number of nitrogens with one attached hydrogen (secondary N) is 2. The van der Waals surface area contributed by atoms with Crippen molar-refractivity contribution in [3.63, 3.8) is 0 Å². The lowest BCUT2D eigenvalue weighted by Gasteiger charge is -2.12. The second-order valence-corrected chi connectivity index (χ2v) is 4.15. The number of hydrogen-bond donors (Lipinski definition) is 2. The lowest BCUT2D eigenvalue weighted by atomic mass is 10.1. The van der Waals surface area contributed by atoms with Crippen molar-refractivity contribution in [1.29, 1.82) is 0 Å². The van der Waals surface area contributed by atoms with Gasteiger partial charge in [0, 0.05) is 19.3 Å². The summed E-state index contributed by atoms with van der Waals surface area (Å²) in [6, 6.07) is 3.57. The van der Waals surface area contributed by atoms with Crippen LogP contribution in [0.3, 0.4) is 0 Å². The number of nitrogens with zero attached hydrogens (tertiary/aromatic N) is 1. The number of carbonyl (C=O) groups excluding carboxylic acids is 1. The Morgan fingerprint density at radius 3 is 2.88 bits per heavy atom. The van der Waals surface area contributed by atoms with Crippen molar-refractivity contribution in [3.05, 3.63) is 23.9 Å². The summed E-state index contributed by atoms with van der Waals surface area (Å²) in [5.41, 5.74) is 0.609. The summed E-state index contributed by atoms with van der Waals surface area (Å²) in [5, 5.41) is 6.02. The zero-order chi connectivity index (χ0) is 12.7. The molecule has 0 saturated carbocycles. The van der Waals surface area contributed by atoms with Crippen LogP contribution in [-0.2, 0) is 0 Å². The normalized spacial score (nSPS) is 11.9. The first-order valence-electron chi connectivity index (χ1n) is 6.16. The summed E-state index contributed by atoms with van der Waals surface area (Å²) in [7, 11) is 0. The van der Waals surface area contributed by atoms with Gasteiger partial charge >= 0.3 is 0 Å². The fourth-order valence-corrected chi connectivity index (χ4v) is 1.40. The molecule has 1 aromatic rings. The van der Waals surface area contributed by atoms with E-state index >= 15 is 0 Å². The first-order chi connectivity index (χ1) is 8.19. The topological polar surface area (TPSA) is 54.0 Å². The van der Waals surface area contributed by atoms with Crippen LogP contribution in [0.1, 0.15) is 37.6 Å². The molecule has 1 rings (SSSR count). The molecule has 2 N–H and O–H groups in total. The van der Waals surface area contributed by atoms with Gasteiger partial charge in [-0.05, 0) is 25.0 Å². The Labute approximate surface area is 103 Å². The Kier molecular flexibility index (Phi) is 5.46. The van der Waals surface area contributed by atoms with E-state index in [1.165, 1.54) is 0 Å². The molecule has 4 nitrogen and oxygen atoms in total. The van der Waals surface area contributed by atoms with Crippen molar-refractivity contribution >= 4 is 11.7 Å². The highest BCUT2D eigenvalue weighted by Crippen LogP contribution is 2.11. The maximum atomic E-state index is 12.0. The molecule has 0 bridgehead atoms. The third-order valence-corrected chi connectivity index (χ3v) is 2.70. The molecular weight excluding hydrogens is 214 g/mol. The maximum Gasteiger partial charge on any atom is 0.255 e. The lowest BCUT2D eigenvalue weighted by molar-refractivity contribution is 0.0948. The van der Waals surface area contributed by atoms with Gasteiger partial charge in [0.15, 0.2) is 0 Å². The molecular formula is C13H21N3O. The van der Waals surface area contributed by atoms with E-state index in [1.54, 1.807) is 18.3 Å². The number of aromatic nitrogens is 1. The van der Waals surface area contributed by atoms with E-state index in [9.17, 15) is 4.79 Å². The molecule has 0 radical (unpaired) electrons. The second kappa shape index (κ2) is 6.89. The SMILES string of the molecule is CCNc1ncccc1C(=O)NCC(C)CC. The summed E-state index contributed by atoms with van der Waals surface area (Å²) < 4.78 is 0. The fraction of sp³-hybridized carbons (Fsp3) is 0.538. The zero-order valence-corrected chi connectivity index (χ0v) is 10.8. The van der Waals surface area contributed by atoms with Gasteiger partial charge in [0.25, 0.3) is 5.91 Å². The van der Waals surface area contributed by atoms with Gasteiger partial charge in [0.1, 0.15) is 5.82 Å². The van der Waals surface area contributed by atoms with Crippen LogP contribution in [0.25, 0.3) is 0 Å². The smallest absolute Gasteiger partial charge is 0.255 e. The minimum absolute atomic E-state index is 0.0608. The molecule has 1 amide bonds. The lowest BCUT2D eigenvalue weighted by Crippen LogP contribution is -2.29. The van der Waals surface area contributed by atoms with Gasteiger partial charge in [0.05, 0.1) is 5.56 Å². The molecule has 1 aromatic heterocycles. The van der Waals surface area contributed by atoms with Crippen molar-refractivity contribution in [2.75, 3.05) is 18.4 Å². The van der Waals surface area contributed by atoms with E-state index in [1.807, 2.05) is 6.92 Å². The third-order valence-electron chi connectivity index (χ3n) is 2.70. The average Bonchev–Trinajstić information content (AvgIpc) is 2.36. The Bertz CT molecular complexity index is 365. The van der Waals surface area contributed by atoms with Crippen LogP contribution in [0.2, 0.25) is 0 Å². The van der Waals surface area contributed by atoms with Crippen molar-refractivity contribution in [1.82, 2.24) is 10.3 Å². The van der Waals surface area contributed by atoms with Gasteiger partial charge in [-0.3, -0.25) is 4.79 Å². The van der Waals surface area contributed by atoms with Crippen LogP contribution in [0.15, 0.2) is 18.3 Å². The van der Waals surface area contributed by atoms with Gasteiger partial charge < -0.3 is 10.6 Å².